The average Bonchev–Trinajstić information content (AvgIpc) is 3.38. The Morgan fingerprint density at radius 1 is 0.898 bits per heavy atom. The molecule has 0 aliphatic rings. The van der Waals surface area contributed by atoms with Crippen LogP contribution in [0, 0.1) is 6.92 Å². The van der Waals surface area contributed by atoms with Crippen LogP contribution >= 0.6 is 27.3 Å². The molecule has 3 aromatic carbocycles. The molecule has 49 heavy (non-hydrogen) atoms. The lowest BCUT2D eigenvalue weighted by atomic mass is 10.1. The van der Waals surface area contributed by atoms with Crippen molar-refractivity contribution in [2.45, 2.75) is 71.7 Å². The van der Waals surface area contributed by atoms with Gasteiger partial charge in [0.1, 0.15) is 22.2 Å². The van der Waals surface area contributed by atoms with Gasteiger partial charge in [-0.2, -0.15) is 0 Å². The average molecular weight is 764 g/mol. The molecule has 0 saturated heterocycles. The maximum atomic E-state index is 14.8. The van der Waals surface area contributed by atoms with Crippen molar-refractivity contribution in [3.05, 3.63) is 121 Å². The molecule has 11 heteroatoms. The van der Waals surface area contributed by atoms with E-state index in [1.54, 1.807) is 25.5 Å². The van der Waals surface area contributed by atoms with Gasteiger partial charge in [0, 0.05) is 12.2 Å². The van der Waals surface area contributed by atoms with Gasteiger partial charge < -0.3 is 13.9 Å². The number of rotatable bonds is 11. The molecular weight excluding hydrogens is 720 g/mol. The largest absolute Gasteiger partial charge is 0.508 e. The van der Waals surface area contributed by atoms with Crippen LogP contribution in [0.5, 0.6) is 5.75 Å². The number of benzene rings is 3. The molecule has 0 saturated carbocycles. The van der Waals surface area contributed by atoms with Gasteiger partial charge in [-0.1, -0.05) is 99.6 Å². The standard InChI is InChI=1S/C38H43BrN2O6SSi/c1-9-46-30(28-22-16-17-23-29(28)45-8)24-40-34-31(25(2)32(39)48-34)33(42)41(36(40)44)38(6,7)35(43)47-49(37(3,4)5,26-18-12-10-13-19-26)27-20-14-11-15-21-27/h10-23,30H,9,24H2,1-8H3/t30-/m0/s1. The van der Waals surface area contributed by atoms with Crippen LogP contribution in [0.3, 0.4) is 0 Å². The number of hydrogen-bond acceptors (Lipinski definition) is 7. The van der Waals surface area contributed by atoms with Gasteiger partial charge in [0.2, 0.25) is 0 Å². The highest BCUT2D eigenvalue weighted by Crippen LogP contribution is 2.39. The summed E-state index contributed by atoms with van der Waals surface area (Å²) in [6.07, 6.45) is -0.582. The number of ether oxygens (including phenoxy) is 2. The normalized spacial score (nSPS) is 13.0. The van der Waals surface area contributed by atoms with Gasteiger partial charge in [-0.05, 0) is 70.7 Å². The van der Waals surface area contributed by atoms with E-state index in [0.717, 1.165) is 24.3 Å². The smallest absolute Gasteiger partial charge is 0.333 e. The summed E-state index contributed by atoms with van der Waals surface area (Å²) in [5, 5.41) is 1.67. The molecule has 0 bridgehead atoms. The first-order valence-electron chi connectivity index (χ1n) is 16.2. The quantitative estimate of drug-likeness (QED) is 0.136. The van der Waals surface area contributed by atoms with Crippen molar-refractivity contribution in [2.24, 2.45) is 0 Å². The Morgan fingerprint density at radius 2 is 1.45 bits per heavy atom. The summed E-state index contributed by atoms with van der Waals surface area (Å²) in [5.41, 5.74) is -1.42. The van der Waals surface area contributed by atoms with Crippen LogP contribution in [0.2, 0.25) is 5.04 Å². The third-order valence-corrected chi connectivity index (χ3v) is 16.2. The van der Waals surface area contributed by atoms with Crippen molar-refractivity contribution in [2.75, 3.05) is 13.7 Å². The van der Waals surface area contributed by atoms with Crippen LogP contribution in [0.1, 0.15) is 58.8 Å². The summed E-state index contributed by atoms with van der Waals surface area (Å²) in [6, 6.07) is 27.1. The van der Waals surface area contributed by atoms with Crippen LogP contribution in [0.25, 0.3) is 10.2 Å². The number of aromatic nitrogens is 2. The van der Waals surface area contributed by atoms with Crippen molar-refractivity contribution in [3.8, 4) is 5.75 Å². The van der Waals surface area contributed by atoms with E-state index in [0.29, 0.717) is 28.1 Å². The zero-order valence-electron chi connectivity index (χ0n) is 29.2. The lowest BCUT2D eigenvalue weighted by molar-refractivity contribution is -0.144. The van der Waals surface area contributed by atoms with E-state index in [-0.39, 0.29) is 6.54 Å². The first-order valence-corrected chi connectivity index (χ1v) is 19.8. The van der Waals surface area contributed by atoms with E-state index in [1.165, 1.54) is 11.3 Å². The maximum Gasteiger partial charge on any atom is 0.333 e. The molecule has 5 rings (SSSR count). The summed E-state index contributed by atoms with van der Waals surface area (Å²) in [7, 11) is -1.78. The molecule has 5 aromatic rings. The molecule has 0 radical (unpaired) electrons. The van der Waals surface area contributed by atoms with Gasteiger partial charge in [0.15, 0.2) is 0 Å². The molecule has 0 aliphatic heterocycles. The first-order chi connectivity index (χ1) is 23.2. The van der Waals surface area contributed by atoms with E-state index in [4.69, 9.17) is 13.9 Å². The number of halogens is 1. The van der Waals surface area contributed by atoms with Gasteiger partial charge >= 0.3 is 20.0 Å². The zero-order valence-corrected chi connectivity index (χ0v) is 32.6. The SMILES string of the molecule is CCO[C@@H](Cn1c(=O)n(C(C)(C)C(=O)O[Si](c2ccccc2)(c2ccccc2)C(C)(C)C)c(=O)c2c(C)c(Br)sc21)c1ccccc1OC. The second kappa shape index (κ2) is 14.2. The second-order valence-corrected chi connectivity index (χ2v) is 20.1. The van der Waals surface area contributed by atoms with E-state index < -0.39 is 42.2 Å². The highest BCUT2D eigenvalue weighted by atomic mass is 79.9. The molecule has 0 amide bonds. The predicted molar refractivity (Wildman–Crippen MR) is 203 cm³/mol. The summed E-state index contributed by atoms with van der Waals surface area (Å²) in [4.78, 5) is 44.5. The second-order valence-electron chi connectivity index (χ2n) is 13.5. The van der Waals surface area contributed by atoms with Gasteiger partial charge in [-0.25, -0.2) is 9.36 Å². The van der Waals surface area contributed by atoms with Gasteiger partial charge in [-0.3, -0.25) is 14.2 Å². The number of para-hydroxylation sites is 1. The summed E-state index contributed by atoms with van der Waals surface area (Å²) in [5.74, 6) is -0.0405. The van der Waals surface area contributed by atoms with Crippen molar-refractivity contribution in [3.63, 3.8) is 0 Å². The number of methoxy groups -OCH3 is 1. The fourth-order valence-corrected chi connectivity index (χ4v) is 12.7. The summed E-state index contributed by atoms with van der Waals surface area (Å²) in [6.45, 7) is 13.6. The Morgan fingerprint density at radius 3 is 1.98 bits per heavy atom. The van der Waals surface area contributed by atoms with Gasteiger partial charge in [-0.15, -0.1) is 11.3 Å². The molecule has 2 heterocycles. The zero-order chi connectivity index (χ0) is 35.7. The predicted octanol–water partition coefficient (Wildman–Crippen LogP) is 6.92. The lowest BCUT2D eigenvalue weighted by Crippen LogP contribution is -2.69. The molecule has 2 aromatic heterocycles. The monoisotopic (exact) mass is 762 g/mol. The Bertz CT molecular complexity index is 2040. The molecule has 258 valence electrons. The van der Waals surface area contributed by atoms with E-state index in [9.17, 15) is 14.4 Å². The number of thiophene rings is 1. The fraction of sp³-hybridized carbons (Fsp3) is 0.342. The molecule has 0 spiro atoms. The Kier molecular flexibility index (Phi) is 10.6. The van der Waals surface area contributed by atoms with Gasteiger partial charge in [0.25, 0.3) is 5.56 Å². The summed E-state index contributed by atoms with van der Waals surface area (Å²) >= 11 is 4.91. The lowest BCUT2D eigenvalue weighted by Gasteiger charge is -2.43. The molecule has 0 N–H and O–H groups in total. The molecular formula is C38H43BrN2O6SSi. The number of carbonyl (C=O) groups is 1. The maximum absolute atomic E-state index is 14.8. The third-order valence-electron chi connectivity index (χ3n) is 9.08. The van der Waals surface area contributed by atoms with Crippen molar-refractivity contribution >= 4 is 62.1 Å². The van der Waals surface area contributed by atoms with Crippen LogP contribution < -0.4 is 26.4 Å². The number of carbonyl (C=O) groups excluding carboxylic acids is 1. The minimum Gasteiger partial charge on any atom is -0.508 e. The van der Waals surface area contributed by atoms with Crippen molar-refractivity contribution in [1.82, 2.24) is 9.13 Å². The highest BCUT2D eigenvalue weighted by Gasteiger charge is 2.55. The molecule has 0 unspecified atom stereocenters. The van der Waals surface area contributed by atoms with E-state index in [2.05, 4.69) is 36.7 Å². The van der Waals surface area contributed by atoms with Crippen LogP contribution in [0.4, 0.5) is 0 Å². The van der Waals surface area contributed by atoms with Crippen LogP contribution in [0.15, 0.2) is 98.3 Å². The Labute approximate surface area is 300 Å². The summed E-state index contributed by atoms with van der Waals surface area (Å²) < 4.78 is 22.0. The third kappa shape index (κ3) is 6.49. The minimum absolute atomic E-state index is 0.0794. The number of aryl methyl sites for hydroxylation is 1. The van der Waals surface area contributed by atoms with Crippen LogP contribution in [-0.4, -0.2) is 37.1 Å². The minimum atomic E-state index is -3.37. The number of fused-ring (bicyclic) bond motifs is 1. The van der Waals surface area contributed by atoms with Crippen molar-refractivity contribution < 1.29 is 18.7 Å². The molecule has 1 atom stereocenters. The number of hydrogen-bond donors (Lipinski definition) is 0. The Hall–Kier alpha value is -3.77. The number of nitrogens with zero attached hydrogens (tertiary/aromatic N) is 2. The van der Waals surface area contributed by atoms with E-state index in [1.807, 2.05) is 98.8 Å². The molecule has 0 aliphatic carbocycles. The van der Waals surface area contributed by atoms with E-state index >= 15 is 0 Å². The van der Waals surface area contributed by atoms with Gasteiger partial charge in [0.05, 0.1) is 22.8 Å². The molecule has 0 fully saturated rings. The van der Waals surface area contributed by atoms with Crippen LogP contribution in [-0.2, 0) is 26.0 Å². The fourth-order valence-electron chi connectivity index (χ4n) is 6.52. The Balaban J connectivity index is 1.73. The topological polar surface area (TPSA) is 88.8 Å². The highest BCUT2D eigenvalue weighted by molar-refractivity contribution is 9.11. The van der Waals surface area contributed by atoms with Crippen molar-refractivity contribution in [1.29, 1.82) is 0 Å². The molecule has 8 nitrogen and oxygen atoms in total. The first kappa shape index (κ1) is 36.5.